The van der Waals surface area contributed by atoms with E-state index in [1.54, 1.807) is 0 Å². The summed E-state index contributed by atoms with van der Waals surface area (Å²) >= 11 is 0. The van der Waals surface area contributed by atoms with E-state index in [1.807, 2.05) is 0 Å². The summed E-state index contributed by atoms with van der Waals surface area (Å²) in [6, 6.07) is 66.7. The highest BCUT2D eigenvalue weighted by Gasteiger charge is 2.37. The highest BCUT2D eigenvalue weighted by Crippen LogP contribution is 2.54. The second-order valence-electron chi connectivity index (χ2n) is 14.2. The minimum atomic E-state index is -0.111. The van der Waals surface area contributed by atoms with Crippen LogP contribution in [0, 0.1) is 0 Å². The van der Waals surface area contributed by atoms with Crippen LogP contribution in [0.2, 0.25) is 0 Å². The first-order valence-electron chi connectivity index (χ1n) is 17.8. The monoisotopic (exact) mass is 652 g/mol. The molecule has 9 aromatic rings. The van der Waals surface area contributed by atoms with Crippen molar-refractivity contribution in [2.75, 3.05) is 4.90 Å². The number of anilines is 3. The van der Waals surface area contributed by atoms with Crippen molar-refractivity contribution in [3.05, 3.63) is 193 Å². The summed E-state index contributed by atoms with van der Waals surface area (Å²) in [5.74, 6) is 0. The first-order chi connectivity index (χ1) is 25.1. The van der Waals surface area contributed by atoms with Gasteiger partial charge >= 0.3 is 0 Å². The van der Waals surface area contributed by atoms with Gasteiger partial charge in [-0.2, -0.15) is 0 Å². The molecule has 0 unspecified atom stereocenters. The molecule has 0 aliphatic heterocycles. The normalized spacial score (nSPS) is 13.1. The molecule has 0 atom stereocenters. The Morgan fingerprint density at radius 2 is 1.08 bits per heavy atom. The zero-order valence-corrected chi connectivity index (χ0v) is 28.7. The summed E-state index contributed by atoms with van der Waals surface area (Å²) in [5, 5.41) is 4.94. The lowest BCUT2D eigenvalue weighted by Crippen LogP contribution is -2.15. The Morgan fingerprint density at radius 3 is 1.92 bits per heavy atom. The second kappa shape index (κ2) is 11.3. The molecular weight excluding hydrogens is 617 g/mol. The van der Waals surface area contributed by atoms with Crippen molar-refractivity contribution < 1.29 is 0 Å². The molecule has 1 aromatic heterocycles. The van der Waals surface area contributed by atoms with E-state index < -0.39 is 0 Å². The van der Waals surface area contributed by atoms with Gasteiger partial charge in [0, 0.05) is 38.9 Å². The van der Waals surface area contributed by atoms with Crippen LogP contribution in [0.15, 0.2) is 182 Å². The Bertz CT molecular complexity index is 2770. The van der Waals surface area contributed by atoms with E-state index in [2.05, 4.69) is 205 Å². The minimum absolute atomic E-state index is 0.111. The largest absolute Gasteiger partial charge is 0.310 e. The molecule has 8 aromatic carbocycles. The van der Waals surface area contributed by atoms with Gasteiger partial charge in [-0.15, -0.1) is 0 Å². The highest BCUT2D eigenvalue weighted by atomic mass is 15.1. The fourth-order valence-corrected chi connectivity index (χ4v) is 8.51. The fourth-order valence-electron chi connectivity index (χ4n) is 8.51. The van der Waals surface area contributed by atoms with Gasteiger partial charge in [0.05, 0.1) is 11.0 Å². The zero-order valence-electron chi connectivity index (χ0n) is 28.7. The Balaban J connectivity index is 1.22. The number of fused-ring (bicyclic) bond motifs is 7. The molecule has 1 aliphatic carbocycles. The molecule has 0 saturated carbocycles. The van der Waals surface area contributed by atoms with Crippen LogP contribution >= 0.6 is 0 Å². The molecule has 0 bridgehead atoms. The predicted molar refractivity (Wildman–Crippen MR) is 216 cm³/mol. The van der Waals surface area contributed by atoms with Gasteiger partial charge in [0.2, 0.25) is 0 Å². The summed E-state index contributed by atoms with van der Waals surface area (Å²) in [5.41, 5.74) is 14.8. The van der Waals surface area contributed by atoms with Crippen molar-refractivity contribution in [1.82, 2.24) is 4.57 Å². The third-order valence-corrected chi connectivity index (χ3v) is 10.9. The van der Waals surface area contributed by atoms with Crippen LogP contribution in [0.25, 0.3) is 60.5 Å². The molecular formula is C49H36N2. The molecule has 2 heteroatoms. The topological polar surface area (TPSA) is 8.17 Å². The highest BCUT2D eigenvalue weighted by molar-refractivity contribution is 6.11. The molecule has 1 aliphatic rings. The van der Waals surface area contributed by atoms with E-state index in [-0.39, 0.29) is 5.41 Å². The first kappa shape index (κ1) is 29.5. The third-order valence-electron chi connectivity index (χ3n) is 10.9. The van der Waals surface area contributed by atoms with Crippen LogP contribution in [-0.2, 0) is 5.41 Å². The van der Waals surface area contributed by atoms with E-state index in [0.29, 0.717) is 0 Å². The number of hydrogen-bond acceptors (Lipinski definition) is 1. The minimum Gasteiger partial charge on any atom is -0.310 e. The van der Waals surface area contributed by atoms with Crippen LogP contribution in [0.4, 0.5) is 17.1 Å². The van der Waals surface area contributed by atoms with Crippen LogP contribution in [-0.4, -0.2) is 4.57 Å². The summed E-state index contributed by atoms with van der Waals surface area (Å²) in [7, 11) is 0. The van der Waals surface area contributed by atoms with Gasteiger partial charge in [0.1, 0.15) is 0 Å². The van der Waals surface area contributed by atoms with E-state index in [1.165, 1.54) is 66.0 Å². The number of aromatic nitrogens is 1. The lowest BCUT2D eigenvalue weighted by Gasteiger charge is -2.27. The van der Waals surface area contributed by atoms with Crippen molar-refractivity contribution in [1.29, 1.82) is 0 Å². The maximum atomic E-state index is 2.44. The Kier molecular flexibility index (Phi) is 6.56. The van der Waals surface area contributed by atoms with Gasteiger partial charge < -0.3 is 9.47 Å². The first-order valence-corrected chi connectivity index (χ1v) is 17.8. The molecule has 0 saturated heterocycles. The molecule has 242 valence electrons. The maximum absolute atomic E-state index is 2.44. The number of rotatable bonds is 5. The molecule has 2 nitrogen and oxygen atoms in total. The molecule has 0 N–H and O–H groups in total. The van der Waals surface area contributed by atoms with Crippen LogP contribution in [0.5, 0.6) is 0 Å². The van der Waals surface area contributed by atoms with E-state index in [4.69, 9.17) is 0 Å². The van der Waals surface area contributed by atoms with Gasteiger partial charge in [0.25, 0.3) is 0 Å². The summed E-state index contributed by atoms with van der Waals surface area (Å²) in [6.45, 7) is 4.73. The molecule has 0 spiro atoms. The van der Waals surface area contributed by atoms with Crippen molar-refractivity contribution in [2.24, 2.45) is 0 Å². The summed E-state index contributed by atoms with van der Waals surface area (Å²) in [6.07, 6.45) is 0. The Morgan fingerprint density at radius 1 is 0.431 bits per heavy atom. The number of nitrogens with zero attached hydrogens (tertiary/aromatic N) is 2. The lowest BCUT2D eigenvalue weighted by atomic mass is 9.82. The van der Waals surface area contributed by atoms with Gasteiger partial charge in [-0.1, -0.05) is 135 Å². The van der Waals surface area contributed by atoms with Gasteiger partial charge in [0.15, 0.2) is 0 Å². The number of hydrogen-bond donors (Lipinski definition) is 0. The summed E-state index contributed by atoms with van der Waals surface area (Å²) < 4.78 is 2.38. The van der Waals surface area contributed by atoms with Crippen LogP contribution in [0.3, 0.4) is 0 Å². The van der Waals surface area contributed by atoms with E-state index >= 15 is 0 Å². The zero-order chi connectivity index (χ0) is 34.1. The smallest absolute Gasteiger partial charge is 0.0542 e. The summed E-state index contributed by atoms with van der Waals surface area (Å²) in [4.78, 5) is 2.44. The van der Waals surface area contributed by atoms with Gasteiger partial charge in [-0.25, -0.2) is 0 Å². The lowest BCUT2D eigenvalue weighted by molar-refractivity contribution is 0.660. The Hall–Kier alpha value is -6.38. The van der Waals surface area contributed by atoms with Crippen LogP contribution in [0.1, 0.15) is 25.0 Å². The van der Waals surface area contributed by atoms with Crippen molar-refractivity contribution in [3.63, 3.8) is 0 Å². The quantitative estimate of drug-likeness (QED) is 0.180. The van der Waals surface area contributed by atoms with Crippen molar-refractivity contribution >= 4 is 49.6 Å². The third kappa shape index (κ3) is 4.57. The molecule has 51 heavy (non-hydrogen) atoms. The van der Waals surface area contributed by atoms with Crippen molar-refractivity contribution in [3.8, 4) is 27.9 Å². The molecule has 1 heterocycles. The number of para-hydroxylation sites is 2. The average molecular weight is 653 g/mol. The fraction of sp³-hybridized carbons (Fsp3) is 0.0612. The van der Waals surface area contributed by atoms with Gasteiger partial charge in [-0.3, -0.25) is 0 Å². The molecule has 0 amide bonds. The number of benzene rings is 8. The SMILES string of the molecule is CC1(C)c2ccc(N(c3ccc4ccccc4c3)c3ccc4c(c3)c3ccccc3n4-c3ccccc3)cc2-c2c(-c3ccccc3)cccc21. The molecule has 0 radical (unpaired) electrons. The average Bonchev–Trinajstić information content (AvgIpc) is 3.63. The van der Waals surface area contributed by atoms with Crippen LogP contribution < -0.4 is 4.90 Å². The van der Waals surface area contributed by atoms with Gasteiger partial charge in [-0.05, 0) is 105 Å². The van der Waals surface area contributed by atoms with E-state index in [9.17, 15) is 0 Å². The standard InChI is InChI=1S/C49H36N2/c1-49(2)44-28-26-38(32-43(44)48-40(21-13-22-45(48)49)34-15-5-3-6-16-34)50(37-25-24-33-14-9-10-17-35(33)30-37)39-27-29-47-42(31-39)41-20-11-12-23-46(41)51(47)36-18-7-4-8-19-36/h3-32H,1-2H3. The maximum Gasteiger partial charge on any atom is 0.0542 e. The Labute approximate surface area is 298 Å². The predicted octanol–water partition coefficient (Wildman–Crippen LogP) is 13.4. The molecule has 10 rings (SSSR count). The molecule has 0 fully saturated rings. The van der Waals surface area contributed by atoms with E-state index in [0.717, 1.165) is 22.7 Å². The second-order valence-corrected chi connectivity index (χ2v) is 14.2. The van der Waals surface area contributed by atoms with Crippen molar-refractivity contribution in [2.45, 2.75) is 19.3 Å².